The monoisotopic (exact) mass is 238 g/mol. The Morgan fingerprint density at radius 1 is 1.59 bits per heavy atom. The van der Waals surface area contributed by atoms with Crippen molar-refractivity contribution in [3.05, 3.63) is 23.8 Å². The Balaban J connectivity index is 2.18. The van der Waals surface area contributed by atoms with Crippen LogP contribution in [0.4, 0.5) is 4.79 Å². The van der Waals surface area contributed by atoms with Crippen molar-refractivity contribution < 1.29 is 24.1 Å². The van der Waals surface area contributed by atoms with Gasteiger partial charge in [-0.05, 0) is 13.0 Å². The highest BCUT2D eigenvalue weighted by molar-refractivity contribution is 5.66. The van der Waals surface area contributed by atoms with Gasteiger partial charge in [-0.1, -0.05) is 12.1 Å². The van der Waals surface area contributed by atoms with Gasteiger partial charge in [0.2, 0.25) is 0 Å². The van der Waals surface area contributed by atoms with Gasteiger partial charge in [0.1, 0.15) is 6.61 Å². The van der Waals surface area contributed by atoms with E-state index in [-0.39, 0.29) is 13.2 Å². The summed E-state index contributed by atoms with van der Waals surface area (Å²) in [6.07, 6.45) is -0.772. The van der Waals surface area contributed by atoms with Gasteiger partial charge >= 0.3 is 6.16 Å². The summed E-state index contributed by atoms with van der Waals surface area (Å²) in [7, 11) is 0. The van der Waals surface area contributed by atoms with Crippen LogP contribution in [0.3, 0.4) is 0 Å². The fourth-order valence-electron chi connectivity index (χ4n) is 1.70. The molecule has 1 aliphatic heterocycles. The first-order chi connectivity index (χ1) is 8.20. The molecule has 1 unspecified atom stereocenters. The topological polar surface area (TPSA) is 65.0 Å². The highest BCUT2D eigenvalue weighted by Crippen LogP contribution is 2.34. The molecule has 92 valence electrons. The quantitative estimate of drug-likeness (QED) is 0.625. The number of rotatable bonds is 2. The molecule has 17 heavy (non-hydrogen) atoms. The maximum absolute atomic E-state index is 11.2. The molecule has 1 heterocycles. The standard InChI is InChI=1S/C12H14O5/c1-2-15-12(14)17-10-5-3-4-8-6-9(13)7-16-11(8)10/h3-5,9,13H,2,6-7H2,1H3. The van der Waals surface area contributed by atoms with Gasteiger partial charge in [0, 0.05) is 12.0 Å². The molecular formula is C12H14O5. The number of hydrogen-bond acceptors (Lipinski definition) is 5. The Hall–Kier alpha value is -1.75. The summed E-state index contributed by atoms with van der Waals surface area (Å²) in [6.45, 7) is 2.16. The molecular weight excluding hydrogens is 224 g/mol. The summed E-state index contributed by atoms with van der Waals surface area (Å²) in [6, 6.07) is 5.21. The summed E-state index contributed by atoms with van der Waals surface area (Å²) in [5.41, 5.74) is 0.825. The molecule has 0 fully saturated rings. The number of aliphatic hydroxyl groups is 1. The molecule has 0 amide bonds. The molecule has 5 heteroatoms. The lowest BCUT2D eigenvalue weighted by molar-refractivity contribution is 0.0839. The second-order valence-electron chi connectivity index (χ2n) is 3.70. The van der Waals surface area contributed by atoms with Crippen molar-refractivity contribution in [3.8, 4) is 11.5 Å². The van der Waals surface area contributed by atoms with Crippen molar-refractivity contribution in [2.45, 2.75) is 19.4 Å². The average molecular weight is 238 g/mol. The van der Waals surface area contributed by atoms with Crippen LogP contribution < -0.4 is 9.47 Å². The smallest absolute Gasteiger partial charge is 0.487 e. The van der Waals surface area contributed by atoms with E-state index in [0.717, 1.165) is 5.56 Å². The highest BCUT2D eigenvalue weighted by atomic mass is 16.7. The molecule has 1 aromatic rings. The molecule has 0 aromatic heterocycles. The van der Waals surface area contributed by atoms with Gasteiger partial charge in [0.25, 0.3) is 0 Å². The molecule has 1 aliphatic rings. The van der Waals surface area contributed by atoms with E-state index in [4.69, 9.17) is 14.2 Å². The van der Waals surface area contributed by atoms with Gasteiger partial charge in [0.15, 0.2) is 11.5 Å². The van der Waals surface area contributed by atoms with E-state index >= 15 is 0 Å². The van der Waals surface area contributed by atoms with Crippen LogP contribution in [-0.2, 0) is 11.2 Å². The molecule has 1 atom stereocenters. The molecule has 0 radical (unpaired) electrons. The normalized spacial score (nSPS) is 17.9. The van der Waals surface area contributed by atoms with Gasteiger partial charge in [-0.25, -0.2) is 4.79 Å². The minimum absolute atomic E-state index is 0.205. The molecule has 0 aliphatic carbocycles. The van der Waals surface area contributed by atoms with E-state index < -0.39 is 12.3 Å². The van der Waals surface area contributed by atoms with Crippen molar-refractivity contribution >= 4 is 6.16 Å². The van der Waals surface area contributed by atoms with E-state index in [1.165, 1.54) is 0 Å². The summed E-state index contributed by atoms with van der Waals surface area (Å²) < 4.78 is 15.1. The van der Waals surface area contributed by atoms with E-state index in [2.05, 4.69) is 0 Å². The minimum Gasteiger partial charge on any atom is -0.487 e. The summed E-state index contributed by atoms with van der Waals surface area (Å²) in [5, 5.41) is 9.46. The van der Waals surface area contributed by atoms with Gasteiger partial charge < -0.3 is 19.3 Å². The number of hydrogen-bond donors (Lipinski definition) is 1. The van der Waals surface area contributed by atoms with Crippen molar-refractivity contribution in [2.75, 3.05) is 13.2 Å². The molecule has 0 saturated carbocycles. The molecule has 0 saturated heterocycles. The lowest BCUT2D eigenvalue weighted by Crippen LogP contribution is -2.26. The third-order valence-corrected chi connectivity index (χ3v) is 2.39. The number of carbonyl (C=O) groups excluding carboxylic acids is 1. The van der Waals surface area contributed by atoms with Crippen LogP contribution in [0.5, 0.6) is 11.5 Å². The van der Waals surface area contributed by atoms with Crippen LogP contribution in [0.2, 0.25) is 0 Å². The Morgan fingerprint density at radius 3 is 3.18 bits per heavy atom. The van der Waals surface area contributed by atoms with Gasteiger partial charge in [-0.3, -0.25) is 0 Å². The van der Waals surface area contributed by atoms with Gasteiger partial charge in [0.05, 0.1) is 12.7 Å². The average Bonchev–Trinajstić information content (AvgIpc) is 2.29. The summed E-state index contributed by atoms with van der Waals surface area (Å²) in [4.78, 5) is 11.2. The summed E-state index contributed by atoms with van der Waals surface area (Å²) >= 11 is 0. The molecule has 1 N–H and O–H groups in total. The second kappa shape index (κ2) is 5.05. The first kappa shape index (κ1) is 11.7. The Kier molecular flexibility index (Phi) is 3.49. The number of benzene rings is 1. The fraction of sp³-hybridized carbons (Fsp3) is 0.417. The van der Waals surface area contributed by atoms with Crippen molar-refractivity contribution in [3.63, 3.8) is 0 Å². The van der Waals surface area contributed by atoms with Crippen molar-refractivity contribution in [1.29, 1.82) is 0 Å². The predicted octanol–water partition coefficient (Wildman–Crippen LogP) is 1.52. The van der Waals surface area contributed by atoms with E-state index in [1.807, 2.05) is 6.07 Å². The maximum Gasteiger partial charge on any atom is 0.513 e. The minimum atomic E-state index is -0.754. The molecule has 1 aromatic carbocycles. The molecule has 0 spiro atoms. The third-order valence-electron chi connectivity index (χ3n) is 2.39. The van der Waals surface area contributed by atoms with Gasteiger partial charge in [-0.15, -0.1) is 0 Å². The number of ether oxygens (including phenoxy) is 3. The fourth-order valence-corrected chi connectivity index (χ4v) is 1.70. The zero-order chi connectivity index (χ0) is 12.3. The first-order valence-corrected chi connectivity index (χ1v) is 5.48. The first-order valence-electron chi connectivity index (χ1n) is 5.48. The highest BCUT2D eigenvalue weighted by Gasteiger charge is 2.22. The third kappa shape index (κ3) is 2.68. The van der Waals surface area contributed by atoms with Crippen molar-refractivity contribution in [2.24, 2.45) is 0 Å². The second-order valence-corrected chi connectivity index (χ2v) is 3.70. The Morgan fingerprint density at radius 2 is 2.41 bits per heavy atom. The molecule has 0 bridgehead atoms. The van der Waals surface area contributed by atoms with Crippen LogP contribution in [0.15, 0.2) is 18.2 Å². The Labute approximate surface area is 98.9 Å². The number of carbonyl (C=O) groups is 1. The largest absolute Gasteiger partial charge is 0.513 e. The lowest BCUT2D eigenvalue weighted by Gasteiger charge is -2.23. The summed E-state index contributed by atoms with van der Waals surface area (Å²) in [5.74, 6) is 0.832. The van der Waals surface area contributed by atoms with Crippen LogP contribution in [0.25, 0.3) is 0 Å². The zero-order valence-electron chi connectivity index (χ0n) is 9.51. The van der Waals surface area contributed by atoms with Crippen LogP contribution in [0.1, 0.15) is 12.5 Å². The Bertz CT molecular complexity index is 415. The molecule has 5 nitrogen and oxygen atoms in total. The number of aliphatic hydroxyl groups excluding tert-OH is 1. The predicted molar refractivity (Wildman–Crippen MR) is 59.3 cm³/mol. The zero-order valence-corrected chi connectivity index (χ0v) is 9.51. The SMILES string of the molecule is CCOC(=O)Oc1cccc2c1OCC(O)C2. The van der Waals surface area contributed by atoms with Crippen LogP contribution in [-0.4, -0.2) is 30.6 Å². The van der Waals surface area contributed by atoms with E-state index in [9.17, 15) is 9.90 Å². The van der Waals surface area contributed by atoms with Gasteiger partial charge in [-0.2, -0.15) is 0 Å². The number of para-hydroxylation sites is 1. The van der Waals surface area contributed by atoms with Crippen LogP contribution >= 0.6 is 0 Å². The van der Waals surface area contributed by atoms with Crippen LogP contribution in [0, 0.1) is 0 Å². The van der Waals surface area contributed by atoms with E-state index in [1.54, 1.807) is 19.1 Å². The van der Waals surface area contributed by atoms with Crippen molar-refractivity contribution in [1.82, 2.24) is 0 Å². The maximum atomic E-state index is 11.2. The molecule has 2 rings (SSSR count). The van der Waals surface area contributed by atoms with E-state index in [0.29, 0.717) is 17.9 Å². The number of fused-ring (bicyclic) bond motifs is 1. The lowest BCUT2D eigenvalue weighted by atomic mass is 10.0.